The van der Waals surface area contributed by atoms with Crippen LogP contribution in [0.5, 0.6) is 0 Å². The number of anilines is 1. The molecule has 1 aliphatic rings. The van der Waals surface area contributed by atoms with Gasteiger partial charge in [0.25, 0.3) is 11.8 Å². The second-order valence-electron chi connectivity index (χ2n) is 11.2. The van der Waals surface area contributed by atoms with E-state index in [-0.39, 0.29) is 35.8 Å². The first-order chi connectivity index (χ1) is 20.7. The van der Waals surface area contributed by atoms with E-state index in [1.165, 1.54) is 49.5 Å². The molecule has 1 saturated heterocycles. The van der Waals surface area contributed by atoms with Crippen molar-refractivity contribution in [1.29, 1.82) is 0 Å². The van der Waals surface area contributed by atoms with Crippen molar-refractivity contribution in [2.75, 3.05) is 24.2 Å². The first-order valence-corrected chi connectivity index (χ1v) is 15.7. The van der Waals surface area contributed by atoms with E-state index < -0.39 is 45.5 Å². The number of hydrogen-bond acceptors (Lipinski definition) is 7. The smallest absolute Gasteiger partial charge is 0.251 e. The topological polar surface area (TPSA) is 148 Å². The molecule has 4 rings (SSSR count). The number of halogens is 1. The molecule has 13 heteroatoms. The van der Waals surface area contributed by atoms with Crippen molar-refractivity contribution >= 4 is 33.4 Å². The van der Waals surface area contributed by atoms with E-state index in [0.29, 0.717) is 12.1 Å². The van der Waals surface area contributed by atoms with E-state index in [1.54, 1.807) is 4.90 Å². The zero-order valence-electron chi connectivity index (χ0n) is 24.9. The zero-order chi connectivity index (χ0) is 32.2. The Morgan fingerprint density at radius 1 is 1.00 bits per heavy atom. The summed E-state index contributed by atoms with van der Waals surface area (Å²) in [6, 6.07) is 17.9. The Bertz CT molecular complexity index is 1630. The normalized spacial score (nSPS) is 16.8. The standard InChI is InChI=1S/C31H36FN5O6S/c1-31(2)35-27(30(41)37(31)19-21-8-6-5-7-9-21)26(38)18-34-29(40)23-14-22(15-25(16-23)36(3)44(4,42)43)28(39)33-17-20-10-12-24(32)13-11-20/h5-16,26-27,35,38H,17-19H2,1-4H3,(H,33,39)(H,34,40). The maximum atomic E-state index is 13.3. The molecule has 1 aliphatic heterocycles. The predicted molar refractivity (Wildman–Crippen MR) is 164 cm³/mol. The van der Waals surface area contributed by atoms with Gasteiger partial charge in [0, 0.05) is 37.8 Å². The maximum Gasteiger partial charge on any atom is 0.251 e. The molecular weight excluding hydrogens is 589 g/mol. The number of benzene rings is 3. The number of aliphatic hydroxyl groups excluding tert-OH is 1. The van der Waals surface area contributed by atoms with Crippen molar-refractivity contribution in [2.24, 2.45) is 0 Å². The number of nitrogens with zero attached hydrogens (tertiary/aromatic N) is 2. The largest absolute Gasteiger partial charge is 0.389 e. The van der Waals surface area contributed by atoms with Gasteiger partial charge in [-0.05, 0) is 55.3 Å². The van der Waals surface area contributed by atoms with Gasteiger partial charge in [-0.25, -0.2) is 12.8 Å². The van der Waals surface area contributed by atoms with Gasteiger partial charge >= 0.3 is 0 Å². The fourth-order valence-corrected chi connectivity index (χ4v) is 5.30. The van der Waals surface area contributed by atoms with Crippen molar-refractivity contribution in [3.63, 3.8) is 0 Å². The molecule has 0 saturated carbocycles. The first-order valence-electron chi connectivity index (χ1n) is 13.9. The molecule has 3 aromatic carbocycles. The molecule has 2 atom stereocenters. The fourth-order valence-electron chi connectivity index (χ4n) is 4.82. The van der Waals surface area contributed by atoms with E-state index in [0.717, 1.165) is 16.1 Å². The second-order valence-corrected chi connectivity index (χ2v) is 13.2. The summed E-state index contributed by atoms with van der Waals surface area (Å²) in [5.74, 6) is -2.02. The lowest BCUT2D eigenvalue weighted by molar-refractivity contribution is -0.133. The van der Waals surface area contributed by atoms with Gasteiger partial charge in [-0.1, -0.05) is 42.5 Å². The Kier molecular flexibility index (Phi) is 9.72. The molecule has 0 radical (unpaired) electrons. The molecule has 234 valence electrons. The van der Waals surface area contributed by atoms with Crippen LogP contribution in [0, 0.1) is 5.82 Å². The minimum atomic E-state index is -3.74. The lowest BCUT2D eigenvalue weighted by Gasteiger charge is -2.31. The summed E-state index contributed by atoms with van der Waals surface area (Å²) in [4.78, 5) is 41.1. The van der Waals surface area contributed by atoms with Gasteiger partial charge in [-0.15, -0.1) is 0 Å². The molecule has 3 aromatic rings. The van der Waals surface area contributed by atoms with Crippen LogP contribution in [0.4, 0.5) is 10.1 Å². The number of hydrogen-bond donors (Lipinski definition) is 4. The van der Waals surface area contributed by atoms with Crippen LogP contribution in [0.3, 0.4) is 0 Å². The molecule has 4 N–H and O–H groups in total. The molecule has 0 aromatic heterocycles. The Morgan fingerprint density at radius 3 is 2.18 bits per heavy atom. The predicted octanol–water partition coefficient (Wildman–Crippen LogP) is 1.98. The van der Waals surface area contributed by atoms with Crippen LogP contribution in [0.25, 0.3) is 0 Å². The van der Waals surface area contributed by atoms with E-state index in [2.05, 4.69) is 16.0 Å². The Labute approximate surface area is 256 Å². The summed E-state index contributed by atoms with van der Waals surface area (Å²) in [6.45, 7) is 3.76. The van der Waals surface area contributed by atoms with E-state index in [9.17, 15) is 32.3 Å². The summed E-state index contributed by atoms with van der Waals surface area (Å²) in [5, 5.41) is 19.3. The average molecular weight is 626 g/mol. The summed E-state index contributed by atoms with van der Waals surface area (Å²) < 4.78 is 38.6. The molecule has 0 bridgehead atoms. The summed E-state index contributed by atoms with van der Waals surface area (Å²) in [6.07, 6.45) is -0.301. The van der Waals surface area contributed by atoms with Crippen LogP contribution in [-0.2, 0) is 27.9 Å². The van der Waals surface area contributed by atoms with Crippen molar-refractivity contribution < 1.29 is 32.3 Å². The van der Waals surface area contributed by atoms with Gasteiger partial charge in [0.2, 0.25) is 15.9 Å². The zero-order valence-corrected chi connectivity index (χ0v) is 25.7. The molecule has 0 spiro atoms. The maximum absolute atomic E-state index is 13.3. The lowest BCUT2D eigenvalue weighted by Crippen LogP contribution is -2.50. The molecule has 1 heterocycles. The summed E-state index contributed by atoms with van der Waals surface area (Å²) >= 11 is 0. The number of aliphatic hydroxyl groups is 1. The molecule has 11 nitrogen and oxygen atoms in total. The molecule has 3 amide bonds. The van der Waals surface area contributed by atoms with Crippen molar-refractivity contribution in [1.82, 2.24) is 20.9 Å². The highest BCUT2D eigenvalue weighted by Crippen LogP contribution is 2.25. The Balaban J connectivity index is 1.48. The van der Waals surface area contributed by atoms with E-state index in [1.807, 2.05) is 44.2 Å². The minimum absolute atomic E-state index is 0.0109. The molecule has 44 heavy (non-hydrogen) atoms. The van der Waals surface area contributed by atoms with Gasteiger partial charge in [-0.3, -0.25) is 24.0 Å². The van der Waals surface area contributed by atoms with Crippen molar-refractivity contribution in [2.45, 2.75) is 44.7 Å². The molecule has 2 unspecified atom stereocenters. The van der Waals surface area contributed by atoms with Crippen LogP contribution >= 0.6 is 0 Å². The van der Waals surface area contributed by atoms with Crippen molar-refractivity contribution in [3.8, 4) is 0 Å². The number of carbonyl (C=O) groups excluding carboxylic acids is 3. The third-order valence-corrected chi connectivity index (χ3v) is 8.63. The van der Waals surface area contributed by atoms with Gasteiger partial charge in [0.1, 0.15) is 11.9 Å². The number of sulfonamides is 1. The summed E-state index contributed by atoms with van der Waals surface area (Å²) in [5.41, 5.74) is 0.847. The third kappa shape index (κ3) is 7.78. The monoisotopic (exact) mass is 625 g/mol. The molecule has 1 fully saturated rings. The second kappa shape index (κ2) is 13.1. The van der Waals surface area contributed by atoms with Gasteiger partial charge < -0.3 is 20.6 Å². The first kappa shape index (κ1) is 32.6. The Morgan fingerprint density at radius 2 is 1.59 bits per heavy atom. The van der Waals surface area contributed by atoms with Gasteiger partial charge in [0.05, 0.1) is 23.7 Å². The number of amides is 3. The quantitative estimate of drug-likeness (QED) is 0.255. The van der Waals surface area contributed by atoms with Crippen LogP contribution in [0.15, 0.2) is 72.8 Å². The average Bonchev–Trinajstić information content (AvgIpc) is 3.22. The highest BCUT2D eigenvalue weighted by Gasteiger charge is 2.47. The Hall–Kier alpha value is -4.33. The fraction of sp³-hybridized carbons (Fsp3) is 0.323. The number of rotatable bonds is 11. The van der Waals surface area contributed by atoms with Gasteiger partial charge in [0.15, 0.2) is 0 Å². The SMILES string of the molecule is CN(c1cc(C(=O)NCc2ccc(F)cc2)cc(C(=O)NCC(O)C2NC(C)(C)N(Cc3ccccc3)C2=O)c1)S(C)(=O)=O. The van der Waals surface area contributed by atoms with Crippen molar-refractivity contribution in [3.05, 3.63) is 101 Å². The number of carbonyl (C=O) groups is 3. The molecular formula is C31H36FN5O6S. The lowest BCUT2D eigenvalue weighted by atomic mass is 10.1. The summed E-state index contributed by atoms with van der Waals surface area (Å²) in [7, 11) is -2.45. The third-order valence-electron chi connectivity index (χ3n) is 7.43. The van der Waals surface area contributed by atoms with E-state index >= 15 is 0 Å². The van der Waals surface area contributed by atoms with E-state index in [4.69, 9.17) is 0 Å². The van der Waals surface area contributed by atoms with Crippen LogP contribution < -0.4 is 20.3 Å². The highest BCUT2D eigenvalue weighted by molar-refractivity contribution is 7.92. The number of nitrogens with one attached hydrogen (secondary N) is 3. The van der Waals surface area contributed by atoms with Crippen LogP contribution in [0.1, 0.15) is 45.7 Å². The van der Waals surface area contributed by atoms with Crippen LogP contribution in [-0.4, -0.2) is 73.8 Å². The highest BCUT2D eigenvalue weighted by atomic mass is 32.2. The van der Waals surface area contributed by atoms with Gasteiger partial charge in [-0.2, -0.15) is 0 Å². The molecule has 0 aliphatic carbocycles. The van der Waals surface area contributed by atoms with Crippen LogP contribution in [0.2, 0.25) is 0 Å². The minimum Gasteiger partial charge on any atom is -0.389 e.